The molecular formula is C17H19N3O4S. The predicted octanol–water partition coefficient (Wildman–Crippen LogP) is 2.66. The number of aliphatic hydroxyl groups excluding tert-OH is 1. The van der Waals surface area contributed by atoms with Crippen LogP contribution in [-0.2, 0) is 14.3 Å². The van der Waals surface area contributed by atoms with Gasteiger partial charge in [0.15, 0.2) is 6.29 Å². The zero-order valence-corrected chi connectivity index (χ0v) is 15.0. The fraction of sp³-hybridized carbons (Fsp3) is 0.353. The first-order chi connectivity index (χ1) is 12.0. The molecule has 0 radical (unpaired) electrons. The van der Waals surface area contributed by atoms with E-state index in [1.54, 1.807) is 6.92 Å². The molecule has 8 heteroatoms. The summed E-state index contributed by atoms with van der Waals surface area (Å²) in [5, 5.41) is 15.9. The van der Waals surface area contributed by atoms with Crippen molar-refractivity contribution in [1.29, 1.82) is 0 Å². The molecule has 1 aliphatic heterocycles. The monoisotopic (exact) mass is 361 g/mol. The summed E-state index contributed by atoms with van der Waals surface area (Å²) in [6.45, 7) is 3.99. The van der Waals surface area contributed by atoms with Crippen molar-refractivity contribution in [1.82, 2.24) is 4.98 Å². The van der Waals surface area contributed by atoms with E-state index in [1.807, 2.05) is 31.2 Å². The summed E-state index contributed by atoms with van der Waals surface area (Å²) in [6.07, 6.45) is -0.963. The Morgan fingerprint density at radius 3 is 2.84 bits per heavy atom. The van der Waals surface area contributed by atoms with E-state index < -0.39 is 6.29 Å². The fourth-order valence-corrected chi connectivity index (χ4v) is 3.48. The van der Waals surface area contributed by atoms with Crippen LogP contribution in [-0.4, -0.2) is 41.7 Å². The number of thiazole rings is 1. The Balaban J connectivity index is 2.02. The summed E-state index contributed by atoms with van der Waals surface area (Å²) in [4.78, 5) is 17.4. The number of rotatable bonds is 6. The maximum absolute atomic E-state index is 12.9. The molecule has 132 valence electrons. The Bertz CT molecular complexity index is 825. The SMILES string of the molecule is CCO/C(C)=C1/C(=O)N(c2nc3ccccc3s2)N=C1CC(O)OC. The molecule has 0 bridgehead atoms. The minimum Gasteiger partial charge on any atom is -0.498 e. The molecule has 1 unspecified atom stereocenters. The van der Waals surface area contributed by atoms with Crippen LogP contribution in [0.5, 0.6) is 0 Å². The van der Waals surface area contributed by atoms with Gasteiger partial charge in [-0.3, -0.25) is 4.79 Å². The van der Waals surface area contributed by atoms with E-state index in [0.29, 0.717) is 28.8 Å². The second-order valence-electron chi connectivity index (χ2n) is 5.39. The molecule has 1 aromatic heterocycles. The highest BCUT2D eigenvalue weighted by molar-refractivity contribution is 7.22. The van der Waals surface area contributed by atoms with Gasteiger partial charge < -0.3 is 14.6 Å². The Labute approximate surface area is 149 Å². The molecule has 1 aromatic carbocycles. The van der Waals surface area contributed by atoms with Crippen LogP contribution in [0.25, 0.3) is 10.2 Å². The first kappa shape index (κ1) is 17.5. The highest BCUT2D eigenvalue weighted by atomic mass is 32.1. The molecule has 0 spiro atoms. The second kappa shape index (κ2) is 7.30. The van der Waals surface area contributed by atoms with Gasteiger partial charge in [-0.05, 0) is 26.0 Å². The van der Waals surface area contributed by atoms with E-state index in [2.05, 4.69) is 10.1 Å². The lowest BCUT2D eigenvalue weighted by Crippen LogP contribution is -2.23. The molecular weight excluding hydrogens is 342 g/mol. The third kappa shape index (κ3) is 3.41. The highest BCUT2D eigenvalue weighted by Crippen LogP contribution is 2.33. The van der Waals surface area contributed by atoms with E-state index in [0.717, 1.165) is 10.2 Å². The molecule has 1 aliphatic rings. The number of amides is 1. The number of ether oxygens (including phenoxy) is 2. The maximum atomic E-state index is 12.9. The standard InChI is InChI=1S/C17H19N3O4S/c1-4-24-10(2)15-12(9-14(21)23-3)19-20(16(15)22)17-18-11-7-5-6-8-13(11)25-17/h5-8,14,21H,4,9H2,1-3H3/b15-10+. The molecule has 3 rings (SSSR count). The van der Waals surface area contributed by atoms with E-state index in [1.165, 1.54) is 23.5 Å². The lowest BCUT2D eigenvalue weighted by atomic mass is 10.1. The second-order valence-corrected chi connectivity index (χ2v) is 6.40. The van der Waals surface area contributed by atoms with Crippen molar-refractivity contribution in [2.75, 3.05) is 18.7 Å². The zero-order valence-electron chi connectivity index (χ0n) is 14.2. The smallest absolute Gasteiger partial charge is 0.286 e. The Hall–Kier alpha value is -2.29. The van der Waals surface area contributed by atoms with Crippen molar-refractivity contribution in [2.24, 2.45) is 5.10 Å². The van der Waals surface area contributed by atoms with Crippen LogP contribution in [0, 0.1) is 0 Å². The van der Waals surface area contributed by atoms with Crippen LogP contribution in [0.15, 0.2) is 40.7 Å². The molecule has 25 heavy (non-hydrogen) atoms. The number of para-hydroxylation sites is 1. The number of hydrogen-bond acceptors (Lipinski definition) is 7. The summed E-state index contributed by atoms with van der Waals surface area (Å²) < 4.78 is 11.4. The van der Waals surface area contributed by atoms with Crippen molar-refractivity contribution in [2.45, 2.75) is 26.6 Å². The maximum Gasteiger partial charge on any atom is 0.286 e. The summed E-state index contributed by atoms with van der Waals surface area (Å²) in [7, 11) is 1.39. The van der Waals surface area contributed by atoms with Crippen molar-refractivity contribution < 1.29 is 19.4 Å². The number of fused-ring (bicyclic) bond motifs is 1. The summed E-state index contributed by atoms with van der Waals surface area (Å²) in [5.74, 6) is 0.154. The fourth-order valence-electron chi connectivity index (χ4n) is 2.56. The number of aromatic nitrogens is 1. The highest BCUT2D eigenvalue weighted by Gasteiger charge is 2.36. The normalized spacial score (nSPS) is 17.8. The third-order valence-corrected chi connectivity index (χ3v) is 4.74. The molecule has 2 aromatic rings. The van der Waals surface area contributed by atoms with Gasteiger partial charge in [-0.2, -0.15) is 10.1 Å². The minimum absolute atomic E-state index is 0.0867. The average Bonchev–Trinajstić information content (AvgIpc) is 3.15. The molecule has 0 aliphatic carbocycles. The van der Waals surface area contributed by atoms with Gasteiger partial charge in [-0.1, -0.05) is 23.5 Å². The van der Waals surface area contributed by atoms with Crippen LogP contribution in [0.2, 0.25) is 0 Å². The first-order valence-electron chi connectivity index (χ1n) is 7.87. The number of aliphatic hydroxyl groups is 1. The van der Waals surface area contributed by atoms with Crippen molar-refractivity contribution in [3.05, 3.63) is 35.6 Å². The minimum atomic E-state index is -1.05. The molecule has 0 saturated heterocycles. The summed E-state index contributed by atoms with van der Waals surface area (Å²) >= 11 is 1.38. The van der Waals surface area contributed by atoms with E-state index in [-0.39, 0.29) is 12.3 Å². The number of benzene rings is 1. The van der Waals surface area contributed by atoms with E-state index in [4.69, 9.17) is 9.47 Å². The molecule has 1 amide bonds. The first-order valence-corrected chi connectivity index (χ1v) is 8.69. The molecule has 0 fully saturated rings. The zero-order chi connectivity index (χ0) is 18.0. The molecule has 1 atom stereocenters. The summed E-state index contributed by atoms with van der Waals surface area (Å²) in [5.41, 5.74) is 1.57. The van der Waals surface area contributed by atoms with Gasteiger partial charge in [0.05, 0.1) is 22.5 Å². The van der Waals surface area contributed by atoms with E-state index in [9.17, 15) is 9.90 Å². The lowest BCUT2D eigenvalue weighted by molar-refractivity contribution is -0.114. The average molecular weight is 361 g/mol. The number of allylic oxidation sites excluding steroid dienone is 1. The van der Waals surface area contributed by atoms with Crippen LogP contribution >= 0.6 is 11.3 Å². The van der Waals surface area contributed by atoms with Gasteiger partial charge in [-0.15, -0.1) is 0 Å². The number of methoxy groups -OCH3 is 1. The molecule has 1 N–H and O–H groups in total. The van der Waals surface area contributed by atoms with Gasteiger partial charge in [0.2, 0.25) is 5.13 Å². The molecule has 7 nitrogen and oxygen atoms in total. The quantitative estimate of drug-likeness (QED) is 0.486. The largest absolute Gasteiger partial charge is 0.498 e. The number of carbonyl (C=O) groups excluding carboxylic acids is 1. The Kier molecular flexibility index (Phi) is 5.12. The number of carbonyl (C=O) groups is 1. The third-order valence-electron chi connectivity index (χ3n) is 3.73. The van der Waals surface area contributed by atoms with Gasteiger partial charge in [0, 0.05) is 13.5 Å². The van der Waals surface area contributed by atoms with Crippen LogP contribution in [0.4, 0.5) is 5.13 Å². The van der Waals surface area contributed by atoms with Gasteiger partial charge in [0.25, 0.3) is 5.91 Å². The topological polar surface area (TPSA) is 84.2 Å². The van der Waals surface area contributed by atoms with Crippen molar-refractivity contribution in [3.8, 4) is 0 Å². The number of nitrogens with zero attached hydrogens (tertiary/aromatic N) is 3. The summed E-state index contributed by atoms with van der Waals surface area (Å²) in [6, 6.07) is 7.64. The number of hydrogen-bond donors (Lipinski definition) is 1. The molecule has 0 saturated carbocycles. The Morgan fingerprint density at radius 2 is 2.16 bits per heavy atom. The van der Waals surface area contributed by atoms with Crippen LogP contribution < -0.4 is 5.01 Å². The number of anilines is 1. The lowest BCUT2D eigenvalue weighted by Gasteiger charge is -2.10. The van der Waals surface area contributed by atoms with Crippen molar-refractivity contribution in [3.63, 3.8) is 0 Å². The van der Waals surface area contributed by atoms with Crippen molar-refractivity contribution >= 4 is 38.3 Å². The van der Waals surface area contributed by atoms with Gasteiger partial charge >= 0.3 is 0 Å². The van der Waals surface area contributed by atoms with Crippen LogP contribution in [0.1, 0.15) is 20.3 Å². The number of hydrazone groups is 1. The van der Waals surface area contributed by atoms with Gasteiger partial charge in [-0.25, -0.2) is 4.98 Å². The van der Waals surface area contributed by atoms with E-state index >= 15 is 0 Å². The van der Waals surface area contributed by atoms with Crippen LogP contribution in [0.3, 0.4) is 0 Å². The molecule has 2 heterocycles. The Morgan fingerprint density at radius 1 is 1.40 bits per heavy atom. The predicted molar refractivity (Wildman–Crippen MR) is 96.5 cm³/mol. The van der Waals surface area contributed by atoms with Gasteiger partial charge in [0.1, 0.15) is 11.3 Å².